The van der Waals surface area contributed by atoms with Gasteiger partial charge in [0.1, 0.15) is 5.82 Å². The van der Waals surface area contributed by atoms with Crippen molar-refractivity contribution in [1.29, 1.82) is 0 Å². The number of rotatable bonds is 6. The van der Waals surface area contributed by atoms with Gasteiger partial charge in [0.05, 0.1) is 6.61 Å². The third-order valence-corrected chi connectivity index (χ3v) is 2.44. The van der Waals surface area contributed by atoms with Crippen molar-refractivity contribution < 1.29 is 9.47 Å². The van der Waals surface area contributed by atoms with Gasteiger partial charge in [-0.3, -0.25) is 0 Å². The lowest BCUT2D eigenvalue weighted by Crippen LogP contribution is -2.04. The Balaban J connectivity index is 2.25. The number of nitrogens with two attached hydrogens (primary N) is 1. The van der Waals surface area contributed by atoms with Crippen molar-refractivity contribution in [3.05, 3.63) is 30.3 Å². The van der Waals surface area contributed by atoms with Crippen molar-refractivity contribution in [3.63, 3.8) is 0 Å². The largest absolute Gasteiger partial charge is 0.490 e. The second kappa shape index (κ2) is 6.60. The van der Waals surface area contributed by atoms with E-state index < -0.39 is 0 Å². The SMILES string of the molecule is CCNc1cc(Oc2ccccc2OCC)nc(N)n1. The molecule has 2 aromatic rings. The smallest absolute Gasteiger partial charge is 0.226 e. The average Bonchev–Trinajstić information content (AvgIpc) is 2.41. The number of nitrogens with zero attached hydrogens (tertiary/aromatic N) is 2. The summed E-state index contributed by atoms with van der Waals surface area (Å²) in [6.45, 7) is 5.20. The van der Waals surface area contributed by atoms with Crippen LogP contribution >= 0.6 is 0 Å². The van der Waals surface area contributed by atoms with Gasteiger partial charge < -0.3 is 20.5 Å². The van der Waals surface area contributed by atoms with Gasteiger partial charge in [-0.2, -0.15) is 9.97 Å². The van der Waals surface area contributed by atoms with E-state index in [1.165, 1.54) is 0 Å². The highest BCUT2D eigenvalue weighted by Gasteiger charge is 2.08. The fourth-order valence-corrected chi connectivity index (χ4v) is 1.69. The quantitative estimate of drug-likeness (QED) is 0.842. The molecule has 0 saturated heterocycles. The lowest BCUT2D eigenvalue weighted by molar-refractivity contribution is 0.319. The standard InChI is InChI=1S/C14H18N4O2/c1-3-16-12-9-13(18-14(15)17-12)20-11-8-6-5-7-10(11)19-4-2/h5-9H,3-4H2,1-2H3,(H3,15,16,17,18). The number of anilines is 2. The summed E-state index contributed by atoms with van der Waals surface area (Å²) in [5, 5.41) is 3.07. The van der Waals surface area contributed by atoms with E-state index in [-0.39, 0.29) is 5.95 Å². The van der Waals surface area contributed by atoms with Crippen molar-refractivity contribution in [1.82, 2.24) is 9.97 Å². The molecule has 0 aliphatic heterocycles. The van der Waals surface area contributed by atoms with E-state index in [1.54, 1.807) is 6.07 Å². The Morgan fingerprint density at radius 2 is 1.90 bits per heavy atom. The molecule has 0 saturated carbocycles. The van der Waals surface area contributed by atoms with Gasteiger partial charge in [-0.05, 0) is 26.0 Å². The van der Waals surface area contributed by atoms with Gasteiger partial charge in [-0.15, -0.1) is 0 Å². The van der Waals surface area contributed by atoms with Crippen molar-refractivity contribution in [3.8, 4) is 17.4 Å². The zero-order chi connectivity index (χ0) is 14.4. The molecular weight excluding hydrogens is 256 g/mol. The molecule has 1 aromatic carbocycles. The number of hydrogen-bond donors (Lipinski definition) is 2. The lowest BCUT2D eigenvalue weighted by atomic mass is 10.3. The van der Waals surface area contributed by atoms with E-state index in [1.807, 2.05) is 38.1 Å². The number of hydrogen-bond acceptors (Lipinski definition) is 6. The maximum absolute atomic E-state index is 5.73. The van der Waals surface area contributed by atoms with Gasteiger partial charge in [0.15, 0.2) is 11.5 Å². The van der Waals surface area contributed by atoms with Crippen LogP contribution in [-0.4, -0.2) is 23.1 Å². The van der Waals surface area contributed by atoms with E-state index in [9.17, 15) is 0 Å². The Labute approximate surface area is 118 Å². The number of ether oxygens (including phenoxy) is 2. The highest BCUT2D eigenvalue weighted by atomic mass is 16.5. The first-order valence-electron chi connectivity index (χ1n) is 6.51. The van der Waals surface area contributed by atoms with Crippen LogP contribution in [0.15, 0.2) is 30.3 Å². The second-order valence-corrected chi connectivity index (χ2v) is 3.96. The van der Waals surface area contributed by atoms with Crippen molar-refractivity contribution in [2.24, 2.45) is 0 Å². The molecule has 0 fully saturated rings. The Bertz CT molecular complexity index is 575. The summed E-state index contributed by atoms with van der Waals surface area (Å²) in [4.78, 5) is 8.13. The van der Waals surface area contributed by atoms with Crippen LogP contribution in [0.25, 0.3) is 0 Å². The van der Waals surface area contributed by atoms with Crippen LogP contribution in [0.2, 0.25) is 0 Å². The number of nitrogen functional groups attached to an aromatic ring is 1. The summed E-state index contributed by atoms with van der Waals surface area (Å²) >= 11 is 0. The van der Waals surface area contributed by atoms with E-state index in [0.717, 1.165) is 6.54 Å². The topological polar surface area (TPSA) is 82.3 Å². The lowest BCUT2D eigenvalue weighted by Gasteiger charge is -2.11. The molecule has 0 spiro atoms. The fraction of sp³-hybridized carbons (Fsp3) is 0.286. The van der Waals surface area contributed by atoms with Crippen LogP contribution in [0.5, 0.6) is 17.4 Å². The third kappa shape index (κ3) is 3.50. The average molecular weight is 274 g/mol. The molecule has 6 heteroatoms. The summed E-state index contributed by atoms with van der Waals surface area (Å²) in [5.74, 6) is 2.42. The highest BCUT2D eigenvalue weighted by Crippen LogP contribution is 2.31. The minimum absolute atomic E-state index is 0.160. The Hall–Kier alpha value is -2.50. The van der Waals surface area contributed by atoms with E-state index in [2.05, 4.69) is 15.3 Å². The van der Waals surface area contributed by atoms with Gasteiger partial charge >= 0.3 is 0 Å². The molecule has 0 unspecified atom stereocenters. The first-order chi connectivity index (χ1) is 9.72. The van der Waals surface area contributed by atoms with Crippen LogP contribution in [-0.2, 0) is 0 Å². The van der Waals surface area contributed by atoms with Crippen LogP contribution in [0, 0.1) is 0 Å². The third-order valence-electron chi connectivity index (χ3n) is 2.44. The molecule has 0 radical (unpaired) electrons. The van der Waals surface area contributed by atoms with Gasteiger partial charge in [0.25, 0.3) is 0 Å². The van der Waals surface area contributed by atoms with Crippen molar-refractivity contribution in [2.45, 2.75) is 13.8 Å². The van der Waals surface area contributed by atoms with E-state index in [4.69, 9.17) is 15.2 Å². The number of benzene rings is 1. The van der Waals surface area contributed by atoms with Gasteiger partial charge in [0.2, 0.25) is 11.8 Å². The van der Waals surface area contributed by atoms with Gasteiger partial charge in [-0.1, -0.05) is 12.1 Å². The molecule has 6 nitrogen and oxygen atoms in total. The van der Waals surface area contributed by atoms with E-state index >= 15 is 0 Å². The minimum Gasteiger partial charge on any atom is -0.490 e. The summed E-state index contributed by atoms with van der Waals surface area (Å²) < 4.78 is 11.2. The zero-order valence-electron chi connectivity index (χ0n) is 11.6. The van der Waals surface area contributed by atoms with Crippen molar-refractivity contribution in [2.75, 3.05) is 24.2 Å². The predicted octanol–water partition coefficient (Wildman–Crippen LogP) is 2.68. The van der Waals surface area contributed by atoms with Crippen LogP contribution in [0.3, 0.4) is 0 Å². The normalized spacial score (nSPS) is 10.1. The second-order valence-electron chi connectivity index (χ2n) is 3.96. The maximum atomic E-state index is 5.73. The Morgan fingerprint density at radius 1 is 1.15 bits per heavy atom. The number of nitrogens with one attached hydrogen (secondary N) is 1. The molecule has 20 heavy (non-hydrogen) atoms. The zero-order valence-corrected chi connectivity index (χ0v) is 11.6. The minimum atomic E-state index is 0.160. The molecule has 0 atom stereocenters. The first kappa shape index (κ1) is 13.9. The summed E-state index contributed by atoms with van der Waals surface area (Å²) in [6.07, 6.45) is 0. The summed E-state index contributed by atoms with van der Waals surface area (Å²) in [5.41, 5.74) is 5.67. The molecular formula is C14H18N4O2. The molecule has 0 bridgehead atoms. The highest BCUT2D eigenvalue weighted by molar-refractivity contribution is 5.46. The van der Waals surface area contributed by atoms with Crippen LogP contribution in [0.1, 0.15) is 13.8 Å². The maximum Gasteiger partial charge on any atom is 0.226 e. The molecule has 0 aliphatic rings. The number of aromatic nitrogens is 2. The Morgan fingerprint density at radius 3 is 2.60 bits per heavy atom. The molecule has 1 heterocycles. The number of para-hydroxylation sites is 2. The molecule has 0 amide bonds. The van der Waals surface area contributed by atoms with Gasteiger partial charge in [-0.25, -0.2) is 0 Å². The van der Waals surface area contributed by atoms with E-state index in [0.29, 0.717) is 29.8 Å². The van der Waals surface area contributed by atoms with Crippen LogP contribution in [0.4, 0.5) is 11.8 Å². The monoisotopic (exact) mass is 274 g/mol. The molecule has 3 N–H and O–H groups in total. The van der Waals surface area contributed by atoms with Gasteiger partial charge in [0, 0.05) is 12.6 Å². The Kier molecular flexibility index (Phi) is 4.60. The van der Waals surface area contributed by atoms with Crippen LogP contribution < -0.4 is 20.5 Å². The summed E-state index contributed by atoms with van der Waals surface area (Å²) in [7, 11) is 0. The summed E-state index contributed by atoms with van der Waals surface area (Å²) in [6, 6.07) is 9.11. The molecule has 1 aromatic heterocycles. The molecule has 2 rings (SSSR count). The molecule has 106 valence electrons. The fourth-order valence-electron chi connectivity index (χ4n) is 1.69. The molecule has 0 aliphatic carbocycles. The van der Waals surface area contributed by atoms with Crippen molar-refractivity contribution >= 4 is 11.8 Å². The predicted molar refractivity (Wildman–Crippen MR) is 78.3 cm³/mol. The first-order valence-corrected chi connectivity index (χ1v) is 6.51.